The van der Waals surface area contributed by atoms with Crippen LogP contribution < -0.4 is 26.2 Å². The number of hydrogen-bond donors (Lipinski definition) is 0. The third-order valence-corrected chi connectivity index (χ3v) is 21.0. The average molecular weight is 1010 g/mol. The van der Waals surface area contributed by atoms with Crippen LogP contribution in [-0.2, 0) is 37.9 Å². The lowest BCUT2D eigenvalue weighted by atomic mass is 9.32. The topological polar surface area (TPSA) is 6.48 Å². The van der Waals surface area contributed by atoms with Crippen LogP contribution >= 0.6 is 0 Å². The molecule has 77 heavy (non-hydrogen) atoms. The van der Waals surface area contributed by atoms with Gasteiger partial charge in [0.15, 0.2) is 0 Å². The van der Waals surface area contributed by atoms with Crippen molar-refractivity contribution in [2.24, 2.45) is 0 Å². The highest BCUT2D eigenvalue weighted by Crippen LogP contribution is 2.61. The molecule has 0 bridgehead atoms. The van der Waals surface area contributed by atoms with E-state index in [1.165, 1.54) is 149 Å². The Hall–Kier alpha value is -6.58. The van der Waals surface area contributed by atoms with E-state index in [1.807, 2.05) is 0 Å². The van der Waals surface area contributed by atoms with Crippen LogP contribution in [-0.4, -0.2) is 6.71 Å². The molecule has 4 aliphatic carbocycles. The summed E-state index contributed by atoms with van der Waals surface area (Å²) in [5.41, 5.74) is 30.0. The first-order valence-corrected chi connectivity index (χ1v) is 29.2. The summed E-state index contributed by atoms with van der Waals surface area (Å²) < 4.78 is 0. The van der Waals surface area contributed by atoms with Crippen molar-refractivity contribution in [3.63, 3.8) is 0 Å². The fourth-order valence-electron chi connectivity index (χ4n) is 16.2. The summed E-state index contributed by atoms with van der Waals surface area (Å²) >= 11 is 0. The van der Waals surface area contributed by atoms with Crippen molar-refractivity contribution >= 4 is 57.2 Å². The summed E-state index contributed by atoms with van der Waals surface area (Å²) in [6, 6.07) is 62.9. The van der Waals surface area contributed by atoms with Gasteiger partial charge in [0.05, 0.1) is 11.1 Å². The van der Waals surface area contributed by atoms with Gasteiger partial charge in [-0.3, -0.25) is 0 Å². The van der Waals surface area contributed by atoms with Crippen molar-refractivity contribution in [2.45, 2.75) is 166 Å². The number of fused-ring (bicyclic) bond motifs is 10. The molecule has 8 aromatic carbocycles. The Kier molecular flexibility index (Phi) is 10.1. The maximum atomic E-state index is 2.77. The summed E-state index contributed by atoms with van der Waals surface area (Å²) in [4.78, 5) is 5.51. The normalized spacial score (nSPS) is 20.4. The maximum absolute atomic E-state index is 2.77. The summed E-state index contributed by atoms with van der Waals surface area (Å²) in [7, 11) is 0. The van der Waals surface area contributed by atoms with E-state index in [2.05, 4.69) is 258 Å². The van der Waals surface area contributed by atoms with E-state index in [1.54, 1.807) is 0 Å². The number of nitrogens with zero attached hydrogens (tertiary/aromatic N) is 2. The van der Waals surface area contributed by atoms with E-state index in [9.17, 15) is 0 Å². The van der Waals surface area contributed by atoms with Gasteiger partial charge in [0.25, 0.3) is 6.71 Å². The zero-order chi connectivity index (χ0) is 53.6. The van der Waals surface area contributed by atoms with Crippen molar-refractivity contribution in [1.29, 1.82) is 0 Å². The fraction of sp³-hybridized carbons (Fsp3) is 0.351. The molecule has 0 saturated carbocycles. The molecular weight excluding hydrogens is 928 g/mol. The molecule has 0 N–H and O–H groups in total. The van der Waals surface area contributed by atoms with E-state index in [-0.39, 0.29) is 39.2 Å². The molecule has 2 heterocycles. The van der Waals surface area contributed by atoms with Gasteiger partial charge in [-0.05, 0) is 204 Å². The first kappa shape index (κ1) is 48.8. The van der Waals surface area contributed by atoms with Crippen LogP contribution in [0.25, 0.3) is 11.1 Å². The van der Waals surface area contributed by atoms with Gasteiger partial charge in [0.1, 0.15) is 0 Å². The predicted molar refractivity (Wildman–Crippen MR) is 328 cm³/mol. The Balaban J connectivity index is 1.13. The van der Waals surface area contributed by atoms with E-state index >= 15 is 0 Å². The molecule has 0 aromatic heterocycles. The van der Waals surface area contributed by atoms with Gasteiger partial charge in [-0.15, -0.1) is 0 Å². The number of anilines is 6. The number of benzene rings is 8. The van der Waals surface area contributed by atoms with Crippen LogP contribution in [0.3, 0.4) is 0 Å². The van der Waals surface area contributed by atoms with Crippen molar-refractivity contribution in [1.82, 2.24) is 0 Å². The van der Waals surface area contributed by atoms with Crippen molar-refractivity contribution in [3.05, 3.63) is 219 Å². The maximum Gasteiger partial charge on any atom is 0.252 e. The zero-order valence-electron chi connectivity index (χ0n) is 48.2. The largest absolute Gasteiger partial charge is 0.311 e. The van der Waals surface area contributed by atoms with Crippen LogP contribution in [0, 0.1) is 6.92 Å². The fourth-order valence-corrected chi connectivity index (χ4v) is 16.2. The third-order valence-electron chi connectivity index (χ3n) is 21.0. The molecule has 0 unspecified atom stereocenters. The monoisotopic (exact) mass is 1000 g/mol. The van der Waals surface area contributed by atoms with Crippen molar-refractivity contribution in [3.8, 4) is 11.1 Å². The lowest BCUT2D eigenvalue weighted by Gasteiger charge is -2.49. The van der Waals surface area contributed by atoms with Crippen LogP contribution in [0.2, 0.25) is 0 Å². The highest BCUT2D eigenvalue weighted by Gasteiger charge is 2.52. The molecule has 3 heteroatoms. The number of rotatable bonds is 4. The van der Waals surface area contributed by atoms with E-state index in [4.69, 9.17) is 0 Å². The lowest BCUT2D eigenvalue weighted by molar-refractivity contribution is 0.332. The van der Waals surface area contributed by atoms with Gasteiger partial charge in [0, 0.05) is 34.0 Å². The molecule has 0 radical (unpaired) electrons. The smallest absolute Gasteiger partial charge is 0.252 e. The first-order valence-electron chi connectivity index (χ1n) is 29.2. The predicted octanol–water partition coefficient (Wildman–Crippen LogP) is 17.5. The van der Waals surface area contributed by atoms with E-state index in [0.29, 0.717) is 0 Å². The highest BCUT2D eigenvalue weighted by molar-refractivity contribution is 7.00. The van der Waals surface area contributed by atoms with Gasteiger partial charge in [0.2, 0.25) is 0 Å². The molecule has 0 spiro atoms. The minimum Gasteiger partial charge on any atom is -0.311 e. The summed E-state index contributed by atoms with van der Waals surface area (Å²) in [5, 5.41) is 0. The summed E-state index contributed by atoms with van der Waals surface area (Å²) in [6.07, 6.45) is 7.04. The Bertz CT molecular complexity index is 3750. The molecule has 2 aliphatic heterocycles. The third kappa shape index (κ3) is 6.74. The van der Waals surface area contributed by atoms with Gasteiger partial charge in [-0.25, -0.2) is 0 Å². The molecule has 14 rings (SSSR count). The SMILES string of the molecule is Cc1cc2c3c(c1)N(c1cccc4c1-c1ccccc1C4(c1ccccc1)c1ccccc1)c1cc4c(cc1B3c1cc3c(cc1N2c1ccc2c(c1)C(C)(C)CCC2(C)C)C(C)(C)CCC3(C)C)C(C)(C)CCC4(C)C. The molecule has 6 aliphatic rings. The van der Waals surface area contributed by atoms with Crippen LogP contribution in [0.15, 0.2) is 158 Å². The second kappa shape index (κ2) is 16.0. The average Bonchev–Trinajstić information content (AvgIpc) is 3.99. The highest BCUT2D eigenvalue weighted by atomic mass is 15.2. The van der Waals surface area contributed by atoms with Crippen LogP contribution in [0.1, 0.15) is 183 Å². The number of aryl methyl sites for hydroxylation is 1. The minimum absolute atomic E-state index is 0.00927. The molecule has 386 valence electrons. The Labute approximate surface area is 461 Å². The zero-order valence-corrected chi connectivity index (χ0v) is 48.2. The van der Waals surface area contributed by atoms with Gasteiger partial charge in [-0.2, -0.15) is 0 Å². The van der Waals surface area contributed by atoms with Crippen molar-refractivity contribution in [2.75, 3.05) is 9.80 Å². The van der Waals surface area contributed by atoms with Gasteiger partial charge in [-0.1, -0.05) is 198 Å². The molecular formula is C74H77BN2. The molecule has 0 fully saturated rings. The summed E-state index contributed by atoms with van der Waals surface area (Å²) in [6.45, 7) is 32.3. The molecule has 8 aromatic rings. The second-order valence-corrected chi connectivity index (χ2v) is 28.5. The van der Waals surface area contributed by atoms with Crippen LogP contribution in [0.5, 0.6) is 0 Å². The van der Waals surface area contributed by atoms with Gasteiger partial charge >= 0.3 is 0 Å². The Morgan fingerprint density at radius 3 is 1.30 bits per heavy atom. The number of hydrogen-bond acceptors (Lipinski definition) is 2. The van der Waals surface area contributed by atoms with E-state index in [0.717, 1.165) is 12.8 Å². The molecule has 0 atom stereocenters. The second-order valence-electron chi connectivity index (χ2n) is 28.5. The minimum atomic E-state index is -0.524. The molecule has 2 nitrogen and oxygen atoms in total. The lowest BCUT2D eigenvalue weighted by Crippen LogP contribution is -2.62. The Morgan fingerprint density at radius 2 is 0.766 bits per heavy atom. The standard InChI is InChI=1S/C74H77BN2/c1-46-39-64-67-65(40-46)77(61-30-22-29-53-66(61)50-27-20-21-28-51(50)74(53,47-23-16-14-17-24-47)48-25-18-15-19-26-48)63-45-58-56(71(8,9)36-38-73(58,12)13)43-60(63)75(67)59-42-55-57(72(10,11)37-35-70(55,6)7)44-62(59)76(64)49-31-32-52-54(41-49)69(4,5)34-33-68(52,2)3/h14-32,39-45H,33-38H2,1-13H3. The Morgan fingerprint density at radius 1 is 0.338 bits per heavy atom. The van der Waals surface area contributed by atoms with E-state index < -0.39 is 5.41 Å². The first-order chi connectivity index (χ1) is 36.6. The van der Waals surface area contributed by atoms with Gasteiger partial charge < -0.3 is 9.80 Å². The summed E-state index contributed by atoms with van der Waals surface area (Å²) in [5.74, 6) is 0. The van der Waals surface area contributed by atoms with Crippen molar-refractivity contribution < 1.29 is 0 Å². The molecule has 0 saturated heterocycles. The quantitative estimate of drug-likeness (QED) is 0.162. The molecule has 0 amide bonds. The van der Waals surface area contributed by atoms with Crippen LogP contribution in [0.4, 0.5) is 34.1 Å².